The zero-order chi connectivity index (χ0) is 16.5. The van der Waals surface area contributed by atoms with Crippen molar-refractivity contribution in [2.75, 3.05) is 0 Å². The zero-order valence-electron chi connectivity index (χ0n) is 12.8. The minimum atomic E-state index is -0.307. The molecule has 0 aliphatic carbocycles. The number of nitrogens with zero attached hydrogens (tertiary/aromatic N) is 2. The second-order valence-corrected chi connectivity index (χ2v) is 5.64. The van der Waals surface area contributed by atoms with Gasteiger partial charge < -0.3 is 4.42 Å². The highest BCUT2D eigenvalue weighted by Crippen LogP contribution is 2.24. The van der Waals surface area contributed by atoms with Gasteiger partial charge in [0.15, 0.2) is 0 Å². The lowest BCUT2D eigenvalue weighted by atomic mass is 10.1. The van der Waals surface area contributed by atoms with Gasteiger partial charge in [-0.1, -0.05) is 42.5 Å². The van der Waals surface area contributed by atoms with Crippen LogP contribution in [0.3, 0.4) is 0 Å². The average molecular weight is 318 g/mol. The van der Waals surface area contributed by atoms with E-state index in [4.69, 9.17) is 4.42 Å². The summed E-state index contributed by atoms with van der Waals surface area (Å²) in [6.07, 6.45) is 2.22. The number of amides is 2. The van der Waals surface area contributed by atoms with Crippen molar-refractivity contribution in [2.45, 2.75) is 13.0 Å². The minimum Gasteiger partial charge on any atom is -0.447 e. The number of fused-ring (bicyclic) bond motifs is 1. The van der Waals surface area contributed by atoms with Crippen LogP contribution < -0.4 is 0 Å². The Kier molecular flexibility index (Phi) is 3.46. The van der Waals surface area contributed by atoms with Gasteiger partial charge in [-0.05, 0) is 17.7 Å². The normalized spacial score (nSPS) is 13.4. The molecule has 0 saturated carbocycles. The third-order valence-electron chi connectivity index (χ3n) is 4.00. The van der Waals surface area contributed by atoms with Crippen LogP contribution in [0, 0.1) is 0 Å². The molecule has 0 unspecified atom stereocenters. The monoisotopic (exact) mass is 318 g/mol. The van der Waals surface area contributed by atoms with Gasteiger partial charge in [-0.25, -0.2) is 4.98 Å². The van der Waals surface area contributed by atoms with Crippen LogP contribution in [0.5, 0.6) is 0 Å². The highest BCUT2D eigenvalue weighted by Gasteiger charge is 2.35. The van der Waals surface area contributed by atoms with Gasteiger partial charge >= 0.3 is 0 Å². The summed E-state index contributed by atoms with van der Waals surface area (Å²) >= 11 is 0. The van der Waals surface area contributed by atoms with Gasteiger partial charge in [-0.3, -0.25) is 14.5 Å². The average Bonchev–Trinajstić information content (AvgIpc) is 3.15. The maximum Gasteiger partial charge on any atom is 0.262 e. The lowest BCUT2D eigenvalue weighted by Crippen LogP contribution is -2.29. The molecule has 1 aromatic heterocycles. The van der Waals surface area contributed by atoms with Crippen LogP contribution in [-0.4, -0.2) is 21.7 Å². The molecule has 2 amide bonds. The van der Waals surface area contributed by atoms with Crippen molar-refractivity contribution in [2.24, 2.45) is 0 Å². The lowest BCUT2D eigenvalue weighted by molar-refractivity contribution is 0.0628. The number of carbonyl (C=O) groups is 2. The second kappa shape index (κ2) is 5.77. The summed E-state index contributed by atoms with van der Waals surface area (Å²) in [5, 5.41) is 0. The molecular formula is C19H14N2O3. The van der Waals surface area contributed by atoms with E-state index in [0.29, 0.717) is 23.4 Å². The van der Waals surface area contributed by atoms with Crippen molar-refractivity contribution in [1.29, 1.82) is 0 Å². The van der Waals surface area contributed by atoms with E-state index in [2.05, 4.69) is 4.98 Å². The van der Waals surface area contributed by atoms with E-state index in [1.807, 2.05) is 30.3 Å². The van der Waals surface area contributed by atoms with Gasteiger partial charge in [-0.15, -0.1) is 0 Å². The van der Waals surface area contributed by atoms with Crippen LogP contribution in [0.1, 0.15) is 37.9 Å². The van der Waals surface area contributed by atoms with E-state index in [1.165, 1.54) is 4.90 Å². The van der Waals surface area contributed by atoms with Gasteiger partial charge in [0.2, 0.25) is 5.89 Å². The fourth-order valence-corrected chi connectivity index (χ4v) is 2.83. The van der Waals surface area contributed by atoms with E-state index in [-0.39, 0.29) is 18.4 Å². The number of imide groups is 1. The van der Waals surface area contributed by atoms with Gasteiger partial charge in [0.1, 0.15) is 12.8 Å². The molecule has 0 N–H and O–H groups in total. The fourth-order valence-electron chi connectivity index (χ4n) is 2.83. The van der Waals surface area contributed by atoms with Crippen molar-refractivity contribution in [3.8, 4) is 0 Å². The number of benzene rings is 2. The molecule has 5 heteroatoms. The molecule has 0 saturated heterocycles. The smallest absolute Gasteiger partial charge is 0.262 e. The molecule has 0 atom stereocenters. The number of aromatic nitrogens is 1. The van der Waals surface area contributed by atoms with Crippen molar-refractivity contribution < 1.29 is 14.0 Å². The summed E-state index contributed by atoms with van der Waals surface area (Å²) < 4.78 is 5.44. The van der Waals surface area contributed by atoms with Crippen LogP contribution in [-0.2, 0) is 13.0 Å². The SMILES string of the molecule is O=C1c2ccccc2C(=O)N1Cc1nc(Cc2ccccc2)co1. The Morgan fingerprint density at radius 1 is 0.875 bits per heavy atom. The first-order chi connectivity index (χ1) is 11.7. The quantitative estimate of drug-likeness (QED) is 0.694. The van der Waals surface area contributed by atoms with E-state index in [9.17, 15) is 9.59 Å². The lowest BCUT2D eigenvalue weighted by Gasteiger charge is -2.10. The predicted octanol–water partition coefficient (Wildman–Crippen LogP) is 3.06. The molecule has 2 heterocycles. The number of carbonyl (C=O) groups excluding carboxylic acids is 2. The summed E-state index contributed by atoms with van der Waals surface area (Å²) in [7, 11) is 0. The Bertz CT molecular complexity index is 880. The summed E-state index contributed by atoms with van der Waals surface area (Å²) in [5.41, 5.74) is 2.75. The highest BCUT2D eigenvalue weighted by molar-refractivity contribution is 6.21. The number of rotatable bonds is 4. The van der Waals surface area contributed by atoms with Crippen LogP contribution >= 0.6 is 0 Å². The number of hydrogen-bond acceptors (Lipinski definition) is 4. The Hall–Kier alpha value is -3.21. The standard InChI is InChI=1S/C19H14N2O3/c22-18-15-8-4-5-9-16(15)19(23)21(18)11-17-20-14(12-24-17)10-13-6-2-1-3-7-13/h1-9,12H,10-11H2. The molecule has 3 aromatic rings. The van der Waals surface area contributed by atoms with E-state index < -0.39 is 0 Å². The highest BCUT2D eigenvalue weighted by atomic mass is 16.3. The molecule has 0 bridgehead atoms. The van der Waals surface area contributed by atoms with Crippen molar-refractivity contribution in [1.82, 2.24) is 9.88 Å². The van der Waals surface area contributed by atoms with Gasteiger partial charge in [-0.2, -0.15) is 0 Å². The molecule has 2 aromatic carbocycles. The van der Waals surface area contributed by atoms with Gasteiger partial charge in [0, 0.05) is 6.42 Å². The van der Waals surface area contributed by atoms with E-state index >= 15 is 0 Å². The first kappa shape index (κ1) is 14.4. The minimum absolute atomic E-state index is 0.0428. The van der Waals surface area contributed by atoms with Crippen LogP contribution in [0.2, 0.25) is 0 Å². The van der Waals surface area contributed by atoms with Crippen LogP contribution in [0.15, 0.2) is 65.3 Å². The molecule has 5 nitrogen and oxygen atoms in total. The molecule has 1 aliphatic heterocycles. The van der Waals surface area contributed by atoms with E-state index in [0.717, 1.165) is 11.3 Å². The molecule has 24 heavy (non-hydrogen) atoms. The molecular weight excluding hydrogens is 304 g/mol. The topological polar surface area (TPSA) is 63.4 Å². The molecule has 4 rings (SSSR count). The molecule has 0 fully saturated rings. The molecule has 0 spiro atoms. The Balaban J connectivity index is 1.51. The van der Waals surface area contributed by atoms with Gasteiger partial charge in [0.25, 0.3) is 11.8 Å². The van der Waals surface area contributed by atoms with Crippen molar-refractivity contribution in [3.63, 3.8) is 0 Å². The summed E-state index contributed by atoms with van der Waals surface area (Å²) in [4.78, 5) is 30.2. The van der Waals surface area contributed by atoms with Gasteiger partial charge in [0.05, 0.1) is 16.8 Å². The van der Waals surface area contributed by atoms with Crippen molar-refractivity contribution >= 4 is 11.8 Å². The maximum atomic E-state index is 12.3. The zero-order valence-corrected chi connectivity index (χ0v) is 12.8. The largest absolute Gasteiger partial charge is 0.447 e. The Morgan fingerprint density at radius 3 is 2.17 bits per heavy atom. The number of oxazole rings is 1. The molecule has 1 aliphatic rings. The summed E-state index contributed by atoms with van der Waals surface area (Å²) in [6.45, 7) is 0.0428. The summed E-state index contributed by atoms with van der Waals surface area (Å²) in [6, 6.07) is 16.7. The third-order valence-corrected chi connectivity index (χ3v) is 4.00. The van der Waals surface area contributed by atoms with Crippen LogP contribution in [0.4, 0.5) is 0 Å². The fraction of sp³-hybridized carbons (Fsp3) is 0.105. The Morgan fingerprint density at radius 2 is 1.50 bits per heavy atom. The second-order valence-electron chi connectivity index (χ2n) is 5.64. The first-order valence-corrected chi connectivity index (χ1v) is 7.65. The predicted molar refractivity (Wildman–Crippen MR) is 86.4 cm³/mol. The third kappa shape index (κ3) is 2.50. The van der Waals surface area contributed by atoms with E-state index in [1.54, 1.807) is 30.5 Å². The molecule has 0 radical (unpaired) electrons. The Labute approximate surface area is 138 Å². The molecule has 118 valence electrons. The van der Waals surface area contributed by atoms with Crippen LogP contribution in [0.25, 0.3) is 0 Å². The maximum absolute atomic E-state index is 12.3. The first-order valence-electron chi connectivity index (χ1n) is 7.65. The summed E-state index contributed by atoms with van der Waals surface area (Å²) in [5.74, 6) is -0.257. The van der Waals surface area contributed by atoms with Crippen molar-refractivity contribution in [3.05, 3.63) is 89.1 Å². The number of hydrogen-bond donors (Lipinski definition) is 0.